The van der Waals surface area contributed by atoms with Gasteiger partial charge >= 0.3 is 0 Å². The van der Waals surface area contributed by atoms with Gasteiger partial charge in [0.15, 0.2) is 5.16 Å². The number of piperazine rings is 1. The number of para-hydroxylation sites is 1. The van der Waals surface area contributed by atoms with Gasteiger partial charge < -0.3 is 9.32 Å². The predicted octanol–water partition coefficient (Wildman–Crippen LogP) is 3.86. The van der Waals surface area contributed by atoms with Gasteiger partial charge in [-0.25, -0.2) is 4.98 Å². The molecule has 1 fully saturated rings. The normalized spacial score (nSPS) is 15.4. The Kier molecular flexibility index (Phi) is 7.01. The summed E-state index contributed by atoms with van der Waals surface area (Å²) in [6.45, 7) is 6.13. The molecular formula is C27H28N4O3S. The zero-order valence-electron chi connectivity index (χ0n) is 19.7. The van der Waals surface area contributed by atoms with Gasteiger partial charge in [-0.2, -0.15) is 0 Å². The zero-order valence-corrected chi connectivity index (χ0v) is 20.5. The van der Waals surface area contributed by atoms with Gasteiger partial charge in [0.2, 0.25) is 5.91 Å². The van der Waals surface area contributed by atoms with E-state index in [0.717, 1.165) is 19.6 Å². The number of aromatic nitrogens is 2. The van der Waals surface area contributed by atoms with Crippen LogP contribution in [0.2, 0.25) is 0 Å². The lowest BCUT2D eigenvalue weighted by atomic mass is 10.2. The minimum absolute atomic E-state index is 0.0707. The second-order valence-electron chi connectivity index (χ2n) is 8.73. The number of hydrogen-bond acceptors (Lipinski definition) is 6. The maximum absolute atomic E-state index is 13.3. The summed E-state index contributed by atoms with van der Waals surface area (Å²) in [7, 11) is 0. The number of hydrogen-bond donors (Lipinski definition) is 0. The molecule has 1 unspecified atom stereocenters. The number of carbonyl (C=O) groups is 1. The predicted molar refractivity (Wildman–Crippen MR) is 137 cm³/mol. The third-order valence-corrected chi connectivity index (χ3v) is 7.36. The second-order valence-corrected chi connectivity index (χ2v) is 10.0. The lowest BCUT2D eigenvalue weighted by molar-refractivity contribution is -0.132. The average molecular weight is 489 g/mol. The fraction of sp³-hybridized carbons (Fsp3) is 0.296. The third-order valence-electron chi connectivity index (χ3n) is 6.28. The Bertz CT molecular complexity index is 1350. The van der Waals surface area contributed by atoms with Crippen molar-refractivity contribution < 1.29 is 9.21 Å². The molecule has 0 aliphatic carbocycles. The van der Waals surface area contributed by atoms with Crippen LogP contribution < -0.4 is 5.56 Å². The van der Waals surface area contributed by atoms with Crippen LogP contribution in [-0.4, -0.2) is 56.7 Å². The lowest BCUT2D eigenvalue weighted by Gasteiger charge is -2.35. The van der Waals surface area contributed by atoms with Gasteiger partial charge in [-0.3, -0.25) is 19.1 Å². The quantitative estimate of drug-likeness (QED) is 0.291. The van der Waals surface area contributed by atoms with Crippen molar-refractivity contribution in [3.05, 3.63) is 94.7 Å². The minimum atomic E-state index is -0.369. The van der Waals surface area contributed by atoms with E-state index in [1.165, 1.54) is 17.3 Å². The SMILES string of the molecule is CC(Sc1nc2ccccc2c(=O)n1Cc1ccco1)C(=O)N1CCN(Cc2ccccc2)CC1. The summed E-state index contributed by atoms with van der Waals surface area (Å²) in [4.78, 5) is 35.6. The van der Waals surface area contributed by atoms with E-state index >= 15 is 0 Å². The van der Waals surface area contributed by atoms with E-state index in [0.29, 0.717) is 34.9 Å². The van der Waals surface area contributed by atoms with Crippen LogP contribution in [0.3, 0.4) is 0 Å². The summed E-state index contributed by atoms with van der Waals surface area (Å²) >= 11 is 1.33. The Morgan fingerprint density at radius 2 is 1.71 bits per heavy atom. The minimum Gasteiger partial charge on any atom is -0.467 e. The standard InChI is InChI=1S/C27H28N4O3S/c1-20(25(32)30-15-13-29(14-16-30)18-21-8-3-2-4-9-21)35-27-28-24-12-6-5-11-23(24)26(33)31(27)19-22-10-7-17-34-22/h2-12,17,20H,13-16,18-19H2,1H3. The summed E-state index contributed by atoms with van der Waals surface area (Å²) < 4.78 is 7.09. The van der Waals surface area contributed by atoms with Gasteiger partial charge in [0, 0.05) is 32.7 Å². The number of nitrogens with zero attached hydrogens (tertiary/aromatic N) is 4. The first-order valence-electron chi connectivity index (χ1n) is 11.8. The molecule has 7 nitrogen and oxygen atoms in total. The van der Waals surface area contributed by atoms with Crippen LogP contribution in [0.1, 0.15) is 18.2 Å². The Morgan fingerprint density at radius 3 is 2.46 bits per heavy atom. The van der Waals surface area contributed by atoms with Gasteiger partial charge in [0.25, 0.3) is 5.56 Å². The molecule has 0 radical (unpaired) electrons. The van der Waals surface area contributed by atoms with Crippen LogP contribution >= 0.6 is 11.8 Å². The van der Waals surface area contributed by atoms with Gasteiger partial charge in [-0.1, -0.05) is 54.2 Å². The molecule has 0 saturated carbocycles. The largest absolute Gasteiger partial charge is 0.467 e. The lowest BCUT2D eigenvalue weighted by Crippen LogP contribution is -2.50. The molecule has 35 heavy (non-hydrogen) atoms. The van der Waals surface area contributed by atoms with E-state index in [1.807, 2.05) is 42.2 Å². The Labute approximate surface area is 208 Å². The van der Waals surface area contributed by atoms with Crippen molar-refractivity contribution >= 4 is 28.6 Å². The van der Waals surface area contributed by atoms with Crippen LogP contribution in [-0.2, 0) is 17.9 Å². The van der Waals surface area contributed by atoms with Crippen LogP contribution in [0.25, 0.3) is 10.9 Å². The molecule has 1 amide bonds. The summed E-state index contributed by atoms with van der Waals surface area (Å²) in [6.07, 6.45) is 1.59. The van der Waals surface area contributed by atoms with Crippen LogP contribution in [0.4, 0.5) is 0 Å². The highest BCUT2D eigenvalue weighted by atomic mass is 32.2. The Balaban J connectivity index is 1.29. The van der Waals surface area contributed by atoms with E-state index < -0.39 is 0 Å². The fourth-order valence-electron chi connectivity index (χ4n) is 4.37. The number of furan rings is 1. The number of amides is 1. The van der Waals surface area contributed by atoms with Crippen molar-refractivity contribution in [3.63, 3.8) is 0 Å². The third kappa shape index (κ3) is 5.33. The Morgan fingerprint density at radius 1 is 0.971 bits per heavy atom. The molecule has 0 N–H and O–H groups in total. The molecule has 2 aromatic heterocycles. The molecule has 4 aromatic rings. The van der Waals surface area contributed by atoms with Crippen LogP contribution in [0.15, 0.2) is 87.4 Å². The summed E-state index contributed by atoms with van der Waals surface area (Å²) in [5, 5.41) is 0.706. The molecule has 2 aromatic carbocycles. The van der Waals surface area contributed by atoms with E-state index in [2.05, 4.69) is 29.2 Å². The Hall–Kier alpha value is -3.36. The number of rotatable bonds is 7. The van der Waals surface area contributed by atoms with E-state index in [-0.39, 0.29) is 23.3 Å². The maximum Gasteiger partial charge on any atom is 0.262 e. The second kappa shape index (κ2) is 10.5. The summed E-state index contributed by atoms with van der Waals surface area (Å²) in [5.41, 5.74) is 1.78. The summed E-state index contributed by atoms with van der Waals surface area (Å²) in [6, 6.07) is 21.3. The summed E-state index contributed by atoms with van der Waals surface area (Å²) in [5.74, 6) is 0.737. The fourth-order valence-corrected chi connectivity index (χ4v) is 5.36. The topological polar surface area (TPSA) is 71.6 Å². The molecule has 8 heteroatoms. The molecular weight excluding hydrogens is 460 g/mol. The van der Waals surface area contributed by atoms with Crippen molar-refractivity contribution in [2.24, 2.45) is 0 Å². The van der Waals surface area contributed by atoms with Crippen molar-refractivity contribution in [2.75, 3.05) is 26.2 Å². The maximum atomic E-state index is 13.3. The first kappa shape index (κ1) is 23.4. The molecule has 1 aliphatic heterocycles. The molecule has 0 bridgehead atoms. The van der Waals surface area contributed by atoms with Crippen molar-refractivity contribution in [1.82, 2.24) is 19.4 Å². The highest BCUT2D eigenvalue weighted by molar-refractivity contribution is 8.00. The smallest absolute Gasteiger partial charge is 0.262 e. The van der Waals surface area contributed by atoms with Gasteiger partial charge in [-0.15, -0.1) is 0 Å². The highest BCUT2D eigenvalue weighted by Crippen LogP contribution is 2.25. The number of thioether (sulfide) groups is 1. The molecule has 5 rings (SSSR count). The van der Waals surface area contributed by atoms with Gasteiger partial charge in [0.1, 0.15) is 5.76 Å². The van der Waals surface area contributed by atoms with Crippen molar-refractivity contribution in [2.45, 2.75) is 30.4 Å². The molecule has 1 atom stereocenters. The number of benzene rings is 2. The monoisotopic (exact) mass is 488 g/mol. The molecule has 3 heterocycles. The molecule has 1 saturated heterocycles. The number of fused-ring (bicyclic) bond motifs is 1. The van der Waals surface area contributed by atoms with Crippen molar-refractivity contribution in [1.29, 1.82) is 0 Å². The van der Waals surface area contributed by atoms with E-state index in [4.69, 9.17) is 9.40 Å². The van der Waals surface area contributed by atoms with Crippen LogP contribution in [0.5, 0.6) is 0 Å². The first-order chi connectivity index (χ1) is 17.1. The number of carbonyl (C=O) groups excluding carboxylic acids is 1. The average Bonchev–Trinajstić information content (AvgIpc) is 3.40. The zero-order chi connectivity index (χ0) is 24.2. The molecule has 0 spiro atoms. The van der Waals surface area contributed by atoms with E-state index in [9.17, 15) is 9.59 Å². The van der Waals surface area contributed by atoms with Crippen LogP contribution in [0, 0.1) is 0 Å². The first-order valence-corrected chi connectivity index (χ1v) is 12.7. The van der Waals surface area contributed by atoms with Gasteiger partial charge in [0.05, 0.1) is 29.0 Å². The highest BCUT2D eigenvalue weighted by Gasteiger charge is 2.27. The van der Waals surface area contributed by atoms with Gasteiger partial charge in [-0.05, 0) is 36.8 Å². The molecule has 1 aliphatic rings. The van der Waals surface area contributed by atoms with E-state index in [1.54, 1.807) is 23.0 Å². The molecule has 180 valence electrons. The van der Waals surface area contributed by atoms with Crippen molar-refractivity contribution in [3.8, 4) is 0 Å².